The van der Waals surface area contributed by atoms with Crippen LogP contribution in [0, 0.1) is 0 Å². The van der Waals surface area contributed by atoms with Gasteiger partial charge in [-0.1, -0.05) is 43.5 Å². The molecule has 2 aliphatic carbocycles. The fraction of sp³-hybridized carbons (Fsp3) is 0.632. The van der Waals surface area contributed by atoms with Crippen molar-refractivity contribution in [3.8, 4) is 0 Å². The summed E-state index contributed by atoms with van der Waals surface area (Å²) in [5.41, 5.74) is 2.64. The largest absolute Gasteiger partial charge is 0.396 e. The minimum absolute atomic E-state index is 0.0482. The third-order valence-electron chi connectivity index (χ3n) is 5.23. The number of carbonyl (C=O) groups is 1. The highest BCUT2D eigenvalue weighted by Gasteiger charge is 2.31. The Morgan fingerprint density at radius 2 is 1.96 bits per heavy atom. The molecule has 0 radical (unpaired) electrons. The van der Waals surface area contributed by atoms with Crippen molar-refractivity contribution >= 4 is 6.03 Å². The smallest absolute Gasteiger partial charge is 0.318 e. The molecule has 4 heteroatoms. The van der Waals surface area contributed by atoms with E-state index in [4.69, 9.17) is 0 Å². The lowest BCUT2D eigenvalue weighted by Crippen LogP contribution is -2.47. The van der Waals surface area contributed by atoms with E-state index < -0.39 is 0 Å². The summed E-state index contributed by atoms with van der Waals surface area (Å²) in [6.45, 7) is 0.746. The molecule has 2 amide bonds. The molecule has 1 aromatic rings. The van der Waals surface area contributed by atoms with E-state index in [-0.39, 0.29) is 18.7 Å². The van der Waals surface area contributed by atoms with E-state index in [0.29, 0.717) is 19.0 Å². The van der Waals surface area contributed by atoms with Crippen LogP contribution in [-0.2, 0) is 6.42 Å². The number of benzene rings is 1. The topological polar surface area (TPSA) is 52.6 Å². The number of hydrogen-bond donors (Lipinski definition) is 2. The molecule has 2 N–H and O–H groups in total. The summed E-state index contributed by atoms with van der Waals surface area (Å²) in [5, 5.41) is 12.4. The molecule has 1 unspecified atom stereocenters. The van der Waals surface area contributed by atoms with Crippen LogP contribution in [0.1, 0.15) is 62.1 Å². The van der Waals surface area contributed by atoms with Crippen molar-refractivity contribution in [2.45, 2.75) is 63.5 Å². The first kappa shape index (κ1) is 16.3. The molecule has 3 rings (SSSR count). The highest BCUT2D eigenvalue weighted by Crippen LogP contribution is 2.35. The molecule has 1 atom stereocenters. The van der Waals surface area contributed by atoms with Crippen LogP contribution in [0.25, 0.3) is 0 Å². The van der Waals surface area contributed by atoms with Gasteiger partial charge in [-0.05, 0) is 43.2 Å². The molecule has 0 saturated heterocycles. The number of urea groups is 1. The van der Waals surface area contributed by atoms with Gasteiger partial charge in [-0.2, -0.15) is 0 Å². The fourth-order valence-electron chi connectivity index (χ4n) is 4.00. The van der Waals surface area contributed by atoms with Gasteiger partial charge in [0, 0.05) is 19.2 Å². The number of carbonyl (C=O) groups excluding carboxylic acids is 1. The zero-order valence-corrected chi connectivity index (χ0v) is 13.8. The summed E-state index contributed by atoms with van der Waals surface area (Å²) in [5.74, 6) is 0. The second-order valence-corrected chi connectivity index (χ2v) is 6.81. The van der Waals surface area contributed by atoms with Gasteiger partial charge in [-0.15, -0.1) is 0 Å². The minimum Gasteiger partial charge on any atom is -0.396 e. The van der Waals surface area contributed by atoms with E-state index in [2.05, 4.69) is 29.6 Å². The van der Waals surface area contributed by atoms with E-state index in [1.165, 1.54) is 30.4 Å². The molecule has 0 aromatic heterocycles. The Morgan fingerprint density at radius 3 is 2.74 bits per heavy atom. The number of aryl methyl sites for hydroxylation is 1. The van der Waals surface area contributed by atoms with E-state index in [1.807, 2.05) is 4.90 Å². The Labute approximate surface area is 138 Å². The van der Waals surface area contributed by atoms with Gasteiger partial charge in [0.15, 0.2) is 0 Å². The van der Waals surface area contributed by atoms with Crippen molar-refractivity contribution in [1.29, 1.82) is 0 Å². The molecule has 0 heterocycles. The van der Waals surface area contributed by atoms with Crippen LogP contribution >= 0.6 is 0 Å². The zero-order chi connectivity index (χ0) is 16.1. The van der Waals surface area contributed by atoms with Crippen LogP contribution in [0.4, 0.5) is 4.79 Å². The van der Waals surface area contributed by atoms with Crippen molar-refractivity contribution < 1.29 is 9.90 Å². The van der Waals surface area contributed by atoms with Gasteiger partial charge in [0.1, 0.15) is 0 Å². The maximum atomic E-state index is 12.8. The van der Waals surface area contributed by atoms with Gasteiger partial charge in [0.05, 0.1) is 6.04 Å². The van der Waals surface area contributed by atoms with Crippen molar-refractivity contribution in [3.05, 3.63) is 35.4 Å². The number of nitrogens with zero attached hydrogens (tertiary/aromatic N) is 1. The molecule has 4 nitrogen and oxygen atoms in total. The number of nitrogens with one attached hydrogen (secondary N) is 1. The number of hydrogen-bond acceptors (Lipinski definition) is 2. The van der Waals surface area contributed by atoms with E-state index in [9.17, 15) is 9.90 Å². The van der Waals surface area contributed by atoms with Crippen LogP contribution in [0.5, 0.6) is 0 Å². The molecule has 2 aliphatic rings. The van der Waals surface area contributed by atoms with Gasteiger partial charge < -0.3 is 15.3 Å². The molecule has 1 fully saturated rings. The number of amides is 2. The Bertz CT molecular complexity index is 526. The third-order valence-corrected chi connectivity index (χ3v) is 5.23. The molecule has 0 spiro atoms. The van der Waals surface area contributed by atoms with Gasteiger partial charge >= 0.3 is 6.03 Å². The SMILES string of the molecule is O=C(NC1CCCCC1)N(CCCO)C1CCc2ccccc21. The second-order valence-electron chi connectivity index (χ2n) is 6.81. The van der Waals surface area contributed by atoms with Crippen LogP contribution in [0.2, 0.25) is 0 Å². The summed E-state index contributed by atoms with van der Waals surface area (Å²) in [4.78, 5) is 14.8. The Morgan fingerprint density at radius 1 is 1.17 bits per heavy atom. The zero-order valence-electron chi connectivity index (χ0n) is 13.8. The fourth-order valence-corrected chi connectivity index (χ4v) is 4.00. The Balaban J connectivity index is 1.71. The lowest BCUT2D eigenvalue weighted by molar-refractivity contribution is 0.159. The monoisotopic (exact) mass is 316 g/mol. The average molecular weight is 316 g/mol. The molecule has 23 heavy (non-hydrogen) atoms. The summed E-state index contributed by atoms with van der Waals surface area (Å²) in [6.07, 6.45) is 8.58. The highest BCUT2D eigenvalue weighted by molar-refractivity contribution is 5.75. The van der Waals surface area contributed by atoms with Crippen molar-refractivity contribution in [3.63, 3.8) is 0 Å². The van der Waals surface area contributed by atoms with Gasteiger partial charge in [0.2, 0.25) is 0 Å². The van der Waals surface area contributed by atoms with Crippen molar-refractivity contribution in [1.82, 2.24) is 10.2 Å². The number of rotatable bonds is 5. The molecule has 0 bridgehead atoms. The van der Waals surface area contributed by atoms with E-state index in [1.54, 1.807) is 0 Å². The van der Waals surface area contributed by atoms with E-state index >= 15 is 0 Å². The molecular weight excluding hydrogens is 288 g/mol. The predicted octanol–water partition coefficient (Wildman–Crippen LogP) is 3.40. The normalized spacial score (nSPS) is 21.0. The first-order valence-corrected chi connectivity index (χ1v) is 9.05. The lowest BCUT2D eigenvalue weighted by Gasteiger charge is -2.32. The lowest BCUT2D eigenvalue weighted by atomic mass is 9.95. The average Bonchev–Trinajstić information content (AvgIpc) is 3.00. The van der Waals surface area contributed by atoms with Crippen LogP contribution in [0.15, 0.2) is 24.3 Å². The van der Waals surface area contributed by atoms with Crippen molar-refractivity contribution in [2.75, 3.05) is 13.2 Å². The molecular formula is C19H28N2O2. The number of aliphatic hydroxyl groups is 1. The maximum Gasteiger partial charge on any atom is 0.318 e. The van der Waals surface area contributed by atoms with Crippen LogP contribution in [0.3, 0.4) is 0 Å². The quantitative estimate of drug-likeness (QED) is 0.875. The number of fused-ring (bicyclic) bond motifs is 1. The molecule has 0 aliphatic heterocycles. The summed E-state index contributed by atoms with van der Waals surface area (Å²) >= 11 is 0. The van der Waals surface area contributed by atoms with E-state index in [0.717, 1.165) is 25.7 Å². The second kappa shape index (κ2) is 7.82. The Kier molecular flexibility index (Phi) is 5.55. The molecule has 1 saturated carbocycles. The molecule has 126 valence electrons. The highest BCUT2D eigenvalue weighted by atomic mass is 16.3. The minimum atomic E-state index is 0.0482. The number of aliphatic hydroxyl groups excluding tert-OH is 1. The predicted molar refractivity (Wildman–Crippen MR) is 91.3 cm³/mol. The van der Waals surface area contributed by atoms with Gasteiger partial charge in [0.25, 0.3) is 0 Å². The third kappa shape index (κ3) is 3.86. The Hall–Kier alpha value is -1.55. The standard InChI is InChI=1S/C19H28N2O2/c22-14-6-13-21(19(23)20-16-8-2-1-3-9-16)18-12-11-15-7-4-5-10-17(15)18/h4-5,7,10,16,18,22H,1-3,6,8-9,11-14H2,(H,20,23). The van der Waals surface area contributed by atoms with Gasteiger partial charge in [-0.3, -0.25) is 0 Å². The summed E-state index contributed by atoms with van der Waals surface area (Å²) < 4.78 is 0. The van der Waals surface area contributed by atoms with Crippen LogP contribution in [-0.4, -0.2) is 35.2 Å². The van der Waals surface area contributed by atoms with Gasteiger partial charge in [-0.25, -0.2) is 4.79 Å². The summed E-state index contributed by atoms with van der Waals surface area (Å²) in [7, 11) is 0. The molecule has 1 aromatic carbocycles. The summed E-state index contributed by atoms with van der Waals surface area (Å²) in [6, 6.07) is 8.96. The van der Waals surface area contributed by atoms with Crippen LogP contribution < -0.4 is 5.32 Å². The van der Waals surface area contributed by atoms with Crippen molar-refractivity contribution in [2.24, 2.45) is 0 Å². The first-order valence-electron chi connectivity index (χ1n) is 9.05. The maximum absolute atomic E-state index is 12.8. The first-order chi connectivity index (χ1) is 11.3.